The molecule has 1 saturated carbocycles. The molecular weight excluding hydrogens is 285 g/mol. The van der Waals surface area contributed by atoms with Gasteiger partial charge in [0, 0.05) is 0 Å². The van der Waals surface area contributed by atoms with Crippen molar-refractivity contribution in [1.29, 1.82) is 0 Å². The fraction of sp³-hybridized carbons (Fsp3) is 0.533. The predicted molar refractivity (Wildman–Crippen MR) is 69.6 cm³/mol. The molecule has 0 heterocycles. The van der Waals surface area contributed by atoms with Gasteiger partial charge in [-0.25, -0.2) is 0 Å². The van der Waals surface area contributed by atoms with E-state index in [1.807, 2.05) is 0 Å². The number of halogens is 3. The summed E-state index contributed by atoms with van der Waals surface area (Å²) in [4.78, 5) is 10.8. The molecule has 21 heavy (non-hydrogen) atoms. The van der Waals surface area contributed by atoms with E-state index in [0.29, 0.717) is 31.2 Å². The minimum atomic E-state index is -4.35. The second kappa shape index (κ2) is 6.47. The van der Waals surface area contributed by atoms with Gasteiger partial charge in [0.25, 0.3) is 0 Å². The summed E-state index contributed by atoms with van der Waals surface area (Å²) >= 11 is 0. The largest absolute Gasteiger partial charge is 0.481 e. The molecule has 0 bridgehead atoms. The summed E-state index contributed by atoms with van der Waals surface area (Å²) in [5.74, 6) is -1.11. The van der Waals surface area contributed by atoms with E-state index in [0.717, 1.165) is 12.1 Å². The zero-order valence-electron chi connectivity index (χ0n) is 11.4. The van der Waals surface area contributed by atoms with Crippen molar-refractivity contribution < 1.29 is 27.8 Å². The minimum absolute atomic E-state index is 0.0739. The van der Waals surface area contributed by atoms with Crippen LogP contribution in [0.1, 0.15) is 36.8 Å². The Labute approximate surface area is 120 Å². The summed E-state index contributed by atoms with van der Waals surface area (Å²) < 4.78 is 43.4. The molecule has 1 aliphatic rings. The van der Waals surface area contributed by atoms with E-state index in [1.165, 1.54) is 6.07 Å². The van der Waals surface area contributed by atoms with Crippen LogP contribution in [0.25, 0.3) is 0 Å². The standard InChI is InChI=1S/C15H17F3O3/c16-15(17,18)12-3-1-2-10(8-12)9-21-13-6-4-11(5-7-13)14(19)20/h1-3,8,11,13H,4-7,9H2,(H,19,20)/t11-,13-. The van der Waals surface area contributed by atoms with Crippen molar-refractivity contribution >= 4 is 5.97 Å². The van der Waals surface area contributed by atoms with Gasteiger partial charge in [-0.2, -0.15) is 13.2 Å². The fourth-order valence-corrected chi connectivity index (χ4v) is 2.53. The lowest BCUT2D eigenvalue weighted by atomic mass is 9.87. The van der Waals surface area contributed by atoms with E-state index >= 15 is 0 Å². The highest BCUT2D eigenvalue weighted by molar-refractivity contribution is 5.70. The maximum atomic E-state index is 12.6. The molecule has 3 nitrogen and oxygen atoms in total. The maximum Gasteiger partial charge on any atom is 0.416 e. The summed E-state index contributed by atoms with van der Waals surface area (Å²) in [5.41, 5.74) is -0.205. The molecular formula is C15H17F3O3. The van der Waals surface area contributed by atoms with Crippen molar-refractivity contribution in [1.82, 2.24) is 0 Å². The predicted octanol–water partition coefficient (Wildman–Crippen LogP) is 3.87. The SMILES string of the molecule is O=C(O)[C@H]1CC[C@H](OCc2cccc(C(F)(F)F)c2)CC1. The number of hydrogen-bond donors (Lipinski definition) is 1. The van der Waals surface area contributed by atoms with Crippen molar-refractivity contribution in [3.8, 4) is 0 Å². The van der Waals surface area contributed by atoms with Gasteiger partial charge in [-0.15, -0.1) is 0 Å². The molecule has 1 aromatic rings. The van der Waals surface area contributed by atoms with Crippen LogP contribution in [0, 0.1) is 5.92 Å². The molecule has 0 radical (unpaired) electrons. The Hall–Kier alpha value is -1.56. The van der Waals surface area contributed by atoms with E-state index in [4.69, 9.17) is 9.84 Å². The number of carboxylic acid groups (broad SMARTS) is 1. The number of hydrogen-bond acceptors (Lipinski definition) is 2. The first kappa shape index (κ1) is 15.8. The van der Waals surface area contributed by atoms with Gasteiger partial charge in [-0.1, -0.05) is 12.1 Å². The molecule has 6 heteroatoms. The molecule has 0 saturated heterocycles. The van der Waals surface area contributed by atoms with Crippen LogP contribution in [0.2, 0.25) is 0 Å². The first-order chi connectivity index (χ1) is 9.86. The average Bonchev–Trinajstić information content (AvgIpc) is 2.45. The summed E-state index contributed by atoms with van der Waals surface area (Å²) in [6.45, 7) is 0.117. The number of aliphatic carboxylic acids is 1. The van der Waals surface area contributed by atoms with E-state index in [2.05, 4.69) is 0 Å². The Kier molecular flexibility index (Phi) is 4.88. The van der Waals surface area contributed by atoms with Gasteiger partial charge < -0.3 is 9.84 Å². The van der Waals surface area contributed by atoms with Crippen LogP contribution >= 0.6 is 0 Å². The van der Waals surface area contributed by atoms with Crippen molar-refractivity contribution in [2.24, 2.45) is 5.92 Å². The normalized spacial score (nSPS) is 23.0. The van der Waals surface area contributed by atoms with Crippen LogP contribution in [-0.4, -0.2) is 17.2 Å². The minimum Gasteiger partial charge on any atom is -0.481 e. The molecule has 1 aromatic carbocycles. The first-order valence-electron chi connectivity index (χ1n) is 6.87. The number of alkyl halides is 3. The van der Waals surface area contributed by atoms with E-state index in [-0.39, 0.29) is 18.6 Å². The second-order valence-electron chi connectivity index (χ2n) is 5.32. The summed E-state index contributed by atoms with van der Waals surface area (Å²) in [6.07, 6.45) is -2.04. The third-order valence-electron chi connectivity index (χ3n) is 3.76. The second-order valence-corrected chi connectivity index (χ2v) is 5.32. The fourth-order valence-electron chi connectivity index (χ4n) is 2.53. The van der Waals surface area contributed by atoms with Crippen molar-refractivity contribution in [3.63, 3.8) is 0 Å². The molecule has 0 atom stereocenters. The maximum absolute atomic E-state index is 12.6. The first-order valence-corrected chi connectivity index (χ1v) is 6.87. The van der Waals surface area contributed by atoms with Gasteiger partial charge in [-0.3, -0.25) is 4.79 Å². The van der Waals surface area contributed by atoms with Crippen LogP contribution in [0.4, 0.5) is 13.2 Å². The van der Waals surface area contributed by atoms with Gasteiger partial charge in [0.1, 0.15) is 0 Å². The van der Waals surface area contributed by atoms with E-state index in [1.54, 1.807) is 6.07 Å². The third kappa shape index (κ3) is 4.46. The topological polar surface area (TPSA) is 46.5 Å². The molecule has 0 aromatic heterocycles. The average molecular weight is 302 g/mol. The molecule has 1 N–H and O–H groups in total. The smallest absolute Gasteiger partial charge is 0.416 e. The van der Waals surface area contributed by atoms with Gasteiger partial charge in [0.05, 0.1) is 24.2 Å². The Morgan fingerprint density at radius 2 is 1.90 bits per heavy atom. The summed E-state index contributed by atoms with van der Waals surface area (Å²) in [7, 11) is 0. The highest BCUT2D eigenvalue weighted by Gasteiger charge is 2.30. The monoisotopic (exact) mass is 302 g/mol. The molecule has 116 valence electrons. The van der Waals surface area contributed by atoms with Crippen LogP contribution in [0.3, 0.4) is 0 Å². The molecule has 1 aliphatic carbocycles. The Bertz CT molecular complexity index is 491. The van der Waals surface area contributed by atoms with Gasteiger partial charge >= 0.3 is 12.1 Å². The van der Waals surface area contributed by atoms with Crippen LogP contribution in [0.15, 0.2) is 24.3 Å². The number of benzene rings is 1. The summed E-state index contributed by atoms with van der Waals surface area (Å²) in [6, 6.07) is 5.07. The Morgan fingerprint density at radius 1 is 1.24 bits per heavy atom. The Morgan fingerprint density at radius 3 is 2.48 bits per heavy atom. The van der Waals surface area contributed by atoms with Gasteiger partial charge in [0.2, 0.25) is 0 Å². The number of carbonyl (C=O) groups is 1. The number of carboxylic acids is 1. The zero-order valence-corrected chi connectivity index (χ0v) is 11.4. The van der Waals surface area contributed by atoms with Crippen LogP contribution in [0.5, 0.6) is 0 Å². The molecule has 0 unspecified atom stereocenters. The van der Waals surface area contributed by atoms with E-state index in [9.17, 15) is 18.0 Å². The van der Waals surface area contributed by atoms with Crippen LogP contribution < -0.4 is 0 Å². The van der Waals surface area contributed by atoms with Gasteiger partial charge in [0.15, 0.2) is 0 Å². The van der Waals surface area contributed by atoms with E-state index < -0.39 is 17.7 Å². The zero-order chi connectivity index (χ0) is 15.5. The van der Waals surface area contributed by atoms with Crippen molar-refractivity contribution in [2.45, 2.75) is 44.6 Å². The van der Waals surface area contributed by atoms with Crippen molar-refractivity contribution in [2.75, 3.05) is 0 Å². The highest BCUT2D eigenvalue weighted by Crippen LogP contribution is 2.30. The quantitative estimate of drug-likeness (QED) is 0.918. The van der Waals surface area contributed by atoms with Crippen LogP contribution in [-0.2, 0) is 22.3 Å². The molecule has 1 fully saturated rings. The molecule has 0 aliphatic heterocycles. The lowest BCUT2D eigenvalue weighted by molar-refractivity contribution is -0.144. The molecule has 2 rings (SSSR count). The number of rotatable bonds is 4. The summed E-state index contributed by atoms with van der Waals surface area (Å²) in [5, 5.41) is 8.89. The Balaban J connectivity index is 1.85. The lowest BCUT2D eigenvalue weighted by Crippen LogP contribution is -2.25. The lowest BCUT2D eigenvalue weighted by Gasteiger charge is -2.26. The number of ether oxygens (including phenoxy) is 1. The molecule has 0 spiro atoms. The molecule has 0 amide bonds. The third-order valence-corrected chi connectivity index (χ3v) is 3.76. The van der Waals surface area contributed by atoms with Gasteiger partial charge in [-0.05, 0) is 43.4 Å². The van der Waals surface area contributed by atoms with Crippen molar-refractivity contribution in [3.05, 3.63) is 35.4 Å². The highest BCUT2D eigenvalue weighted by atomic mass is 19.4.